The van der Waals surface area contributed by atoms with E-state index >= 15 is 0 Å². The Morgan fingerprint density at radius 2 is 1.96 bits per heavy atom. The van der Waals surface area contributed by atoms with E-state index in [1.165, 1.54) is 25.9 Å². The van der Waals surface area contributed by atoms with Crippen molar-refractivity contribution >= 4 is 10.9 Å². The summed E-state index contributed by atoms with van der Waals surface area (Å²) in [5, 5.41) is 13.2. The van der Waals surface area contributed by atoms with Crippen molar-refractivity contribution in [3.8, 4) is 11.5 Å². The van der Waals surface area contributed by atoms with E-state index in [0.29, 0.717) is 5.92 Å². The van der Waals surface area contributed by atoms with Crippen LogP contribution in [0, 0.1) is 5.92 Å². The van der Waals surface area contributed by atoms with Crippen LogP contribution in [0.3, 0.4) is 0 Å². The average Bonchev–Trinajstić information content (AvgIpc) is 3.13. The second-order valence-corrected chi connectivity index (χ2v) is 6.54. The number of nitrogens with zero attached hydrogens (tertiary/aromatic N) is 5. The van der Waals surface area contributed by atoms with Crippen LogP contribution in [0.4, 0.5) is 0 Å². The van der Waals surface area contributed by atoms with Gasteiger partial charge in [-0.25, -0.2) is 9.67 Å². The van der Waals surface area contributed by atoms with Gasteiger partial charge in [-0.2, -0.15) is 10.2 Å². The molecular weight excluding hydrogens is 288 g/mol. The lowest BCUT2D eigenvalue weighted by Crippen LogP contribution is -2.31. The van der Waals surface area contributed by atoms with Gasteiger partial charge >= 0.3 is 0 Å². The molecule has 4 rings (SSSR count). The molecule has 120 valence electrons. The number of piperidine rings is 1. The molecule has 1 aliphatic rings. The molecule has 6 heteroatoms. The summed E-state index contributed by atoms with van der Waals surface area (Å²) in [5.41, 5.74) is 1.91. The number of aromatic nitrogens is 5. The van der Waals surface area contributed by atoms with Crippen LogP contribution in [0.1, 0.15) is 18.7 Å². The topological polar surface area (TPSA) is 62.6 Å². The van der Waals surface area contributed by atoms with E-state index in [2.05, 4.69) is 33.3 Å². The number of nitrogens with one attached hydrogen (secondary N) is 1. The zero-order chi connectivity index (χ0) is 15.8. The Kier molecular flexibility index (Phi) is 3.61. The summed E-state index contributed by atoms with van der Waals surface area (Å²) in [6.07, 6.45) is 3.43. The maximum absolute atomic E-state index is 4.77. The summed E-state index contributed by atoms with van der Waals surface area (Å²) in [4.78, 5) is 7.16. The van der Waals surface area contributed by atoms with E-state index in [0.717, 1.165) is 34.7 Å². The van der Waals surface area contributed by atoms with Gasteiger partial charge in [-0.3, -0.25) is 5.10 Å². The normalized spacial score (nSPS) is 17.1. The van der Waals surface area contributed by atoms with Crippen LogP contribution >= 0.6 is 0 Å². The molecule has 3 aromatic rings. The minimum absolute atomic E-state index is 0.692. The van der Waals surface area contributed by atoms with E-state index in [1.807, 2.05) is 29.9 Å². The number of H-pyrrole nitrogens is 1. The lowest BCUT2D eigenvalue weighted by atomic mass is 9.94. The van der Waals surface area contributed by atoms with Crippen molar-refractivity contribution < 1.29 is 0 Å². The Bertz CT molecular complexity index is 809. The molecule has 23 heavy (non-hydrogen) atoms. The number of hydrogen-bond donors (Lipinski definition) is 1. The molecule has 3 heterocycles. The third-order valence-electron chi connectivity index (χ3n) is 4.80. The Morgan fingerprint density at radius 1 is 1.17 bits per heavy atom. The lowest BCUT2D eigenvalue weighted by molar-refractivity contribution is 0.217. The summed E-state index contributed by atoms with van der Waals surface area (Å²) in [7, 11) is 4.14. The summed E-state index contributed by atoms with van der Waals surface area (Å²) >= 11 is 0. The second kappa shape index (κ2) is 5.77. The molecule has 1 saturated heterocycles. The van der Waals surface area contributed by atoms with Crippen LogP contribution in [0.5, 0.6) is 0 Å². The number of para-hydroxylation sites is 1. The molecule has 0 unspecified atom stereocenters. The molecule has 0 saturated carbocycles. The van der Waals surface area contributed by atoms with E-state index in [-0.39, 0.29) is 0 Å². The van der Waals surface area contributed by atoms with Crippen LogP contribution in [0.25, 0.3) is 22.4 Å². The molecule has 0 radical (unpaired) electrons. The smallest absolute Gasteiger partial charge is 0.179 e. The fourth-order valence-corrected chi connectivity index (χ4v) is 3.39. The molecule has 6 nitrogen and oxygen atoms in total. The van der Waals surface area contributed by atoms with Crippen LogP contribution in [-0.4, -0.2) is 50.0 Å². The van der Waals surface area contributed by atoms with Crippen molar-refractivity contribution in [2.45, 2.75) is 19.3 Å². The zero-order valence-corrected chi connectivity index (χ0v) is 13.7. The summed E-state index contributed by atoms with van der Waals surface area (Å²) in [6.45, 7) is 2.35. The molecule has 0 aliphatic carbocycles. The molecule has 0 atom stereocenters. The van der Waals surface area contributed by atoms with Crippen LogP contribution < -0.4 is 0 Å². The van der Waals surface area contributed by atoms with Crippen molar-refractivity contribution in [2.75, 3.05) is 20.1 Å². The highest BCUT2D eigenvalue weighted by molar-refractivity contribution is 5.90. The minimum atomic E-state index is 0.692. The highest BCUT2D eigenvalue weighted by Gasteiger charge is 2.21. The first-order chi connectivity index (χ1) is 11.2. The van der Waals surface area contributed by atoms with Gasteiger partial charge in [0.15, 0.2) is 11.6 Å². The SMILES string of the molecule is CN1CCC(Cc2nc(-c3n[nH]c4ccccc34)n(C)n2)CC1. The molecule has 0 bridgehead atoms. The zero-order valence-electron chi connectivity index (χ0n) is 13.7. The van der Waals surface area contributed by atoms with Gasteiger partial charge in [0, 0.05) is 18.9 Å². The minimum Gasteiger partial charge on any atom is -0.306 e. The van der Waals surface area contributed by atoms with Gasteiger partial charge < -0.3 is 4.90 Å². The second-order valence-electron chi connectivity index (χ2n) is 6.54. The molecule has 0 spiro atoms. The predicted molar refractivity (Wildman–Crippen MR) is 90.0 cm³/mol. The predicted octanol–water partition coefficient (Wildman–Crippen LogP) is 2.24. The number of hydrogen-bond acceptors (Lipinski definition) is 4. The van der Waals surface area contributed by atoms with Gasteiger partial charge in [-0.05, 0) is 45.0 Å². The van der Waals surface area contributed by atoms with Crippen LogP contribution in [0.2, 0.25) is 0 Å². The summed E-state index contributed by atoms with van der Waals surface area (Å²) in [6, 6.07) is 8.13. The Labute approximate surface area is 135 Å². The Balaban J connectivity index is 1.60. The van der Waals surface area contributed by atoms with Crippen LogP contribution in [0.15, 0.2) is 24.3 Å². The lowest BCUT2D eigenvalue weighted by Gasteiger charge is -2.28. The van der Waals surface area contributed by atoms with Crippen molar-refractivity contribution in [1.82, 2.24) is 29.9 Å². The number of benzene rings is 1. The fourth-order valence-electron chi connectivity index (χ4n) is 3.39. The first kappa shape index (κ1) is 14.4. The summed E-state index contributed by atoms with van der Waals surface area (Å²) in [5.74, 6) is 2.46. The van der Waals surface area contributed by atoms with Crippen molar-refractivity contribution in [3.05, 3.63) is 30.1 Å². The highest BCUT2D eigenvalue weighted by atomic mass is 15.3. The third-order valence-corrected chi connectivity index (χ3v) is 4.80. The third kappa shape index (κ3) is 2.74. The molecule has 1 aromatic carbocycles. The standard InChI is InChI=1S/C17H22N6/c1-22-9-7-12(8-10-22)11-15-18-17(23(2)21-15)16-13-5-3-4-6-14(13)19-20-16/h3-6,12H,7-11H2,1-2H3,(H,19,20). The fraction of sp³-hybridized carbons (Fsp3) is 0.471. The average molecular weight is 310 g/mol. The van der Waals surface area contributed by atoms with Crippen LogP contribution in [-0.2, 0) is 13.5 Å². The van der Waals surface area contributed by atoms with Gasteiger partial charge in [0.1, 0.15) is 5.69 Å². The van der Waals surface area contributed by atoms with Crippen molar-refractivity contribution in [1.29, 1.82) is 0 Å². The van der Waals surface area contributed by atoms with Crippen molar-refractivity contribution in [2.24, 2.45) is 13.0 Å². The molecule has 1 N–H and O–H groups in total. The van der Waals surface area contributed by atoms with Gasteiger partial charge in [-0.15, -0.1) is 0 Å². The van der Waals surface area contributed by atoms with Gasteiger partial charge in [-0.1, -0.05) is 18.2 Å². The first-order valence-electron chi connectivity index (χ1n) is 8.22. The Hall–Kier alpha value is -2.21. The van der Waals surface area contributed by atoms with Crippen molar-refractivity contribution in [3.63, 3.8) is 0 Å². The van der Waals surface area contributed by atoms with E-state index in [1.54, 1.807) is 0 Å². The molecule has 1 aliphatic heterocycles. The Morgan fingerprint density at radius 3 is 2.78 bits per heavy atom. The largest absolute Gasteiger partial charge is 0.306 e. The molecular formula is C17H22N6. The van der Waals surface area contributed by atoms with Gasteiger partial charge in [0.2, 0.25) is 0 Å². The molecule has 0 amide bonds. The van der Waals surface area contributed by atoms with E-state index in [4.69, 9.17) is 4.98 Å². The first-order valence-corrected chi connectivity index (χ1v) is 8.22. The maximum Gasteiger partial charge on any atom is 0.179 e. The monoisotopic (exact) mass is 310 g/mol. The highest BCUT2D eigenvalue weighted by Crippen LogP contribution is 2.25. The van der Waals surface area contributed by atoms with Gasteiger partial charge in [0.05, 0.1) is 5.52 Å². The number of aromatic amines is 1. The maximum atomic E-state index is 4.77. The number of fused-ring (bicyclic) bond motifs is 1. The van der Waals surface area contributed by atoms with Gasteiger partial charge in [0.25, 0.3) is 0 Å². The quantitative estimate of drug-likeness (QED) is 0.806. The summed E-state index contributed by atoms with van der Waals surface area (Å²) < 4.78 is 1.85. The van der Waals surface area contributed by atoms with E-state index in [9.17, 15) is 0 Å². The number of likely N-dealkylation sites (tertiary alicyclic amines) is 1. The number of aryl methyl sites for hydroxylation is 1. The number of rotatable bonds is 3. The molecule has 1 fully saturated rings. The van der Waals surface area contributed by atoms with E-state index < -0.39 is 0 Å². The molecule has 2 aromatic heterocycles.